The Morgan fingerprint density at radius 1 is 1.60 bits per heavy atom. The number of hydrogen-bond acceptors (Lipinski definition) is 3. The number of aliphatic carboxylic acids is 1. The van der Waals surface area contributed by atoms with E-state index in [-0.39, 0.29) is 17.4 Å². The first-order valence-corrected chi connectivity index (χ1v) is 5.51. The van der Waals surface area contributed by atoms with Gasteiger partial charge in [0.15, 0.2) is 0 Å². The lowest BCUT2D eigenvalue weighted by molar-refractivity contribution is -0.148. The number of ether oxygens (including phenoxy) is 1. The normalized spacial score (nSPS) is 36.5. The zero-order valence-corrected chi connectivity index (χ0v) is 9.58. The molecule has 0 aromatic rings. The first-order valence-electron chi connectivity index (χ1n) is 5.51. The van der Waals surface area contributed by atoms with Crippen LogP contribution >= 0.6 is 0 Å². The van der Waals surface area contributed by atoms with Crippen molar-refractivity contribution in [2.24, 2.45) is 11.1 Å². The van der Waals surface area contributed by atoms with Crippen molar-refractivity contribution in [1.82, 2.24) is 0 Å². The highest BCUT2D eigenvalue weighted by molar-refractivity contribution is 5.67. The second-order valence-electron chi connectivity index (χ2n) is 4.85. The van der Waals surface area contributed by atoms with Gasteiger partial charge in [-0.2, -0.15) is 0 Å². The fraction of sp³-hybridized carbons (Fsp3) is 0.909. The maximum atomic E-state index is 10.8. The van der Waals surface area contributed by atoms with E-state index in [1.165, 1.54) is 0 Å². The van der Waals surface area contributed by atoms with E-state index in [0.29, 0.717) is 13.2 Å². The van der Waals surface area contributed by atoms with Gasteiger partial charge in [-0.05, 0) is 38.1 Å². The number of carboxylic acid groups (broad SMARTS) is 1. The molecule has 1 rings (SSSR count). The monoisotopic (exact) mass is 215 g/mol. The van der Waals surface area contributed by atoms with Crippen LogP contribution in [-0.4, -0.2) is 29.8 Å². The number of rotatable bonds is 4. The quantitative estimate of drug-likeness (QED) is 0.743. The fourth-order valence-corrected chi connectivity index (χ4v) is 2.39. The van der Waals surface area contributed by atoms with E-state index >= 15 is 0 Å². The van der Waals surface area contributed by atoms with Crippen LogP contribution in [0.5, 0.6) is 0 Å². The molecule has 0 bridgehead atoms. The predicted octanol–water partition coefficient (Wildman–Crippen LogP) is 1.39. The maximum absolute atomic E-state index is 10.8. The molecule has 0 aromatic heterocycles. The number of carboxylic acids is 1. The van der Waals surface area contributed by atoms with E-state index in [4.69, 9.17) is 15.6 Å². The van der Waals surface area contributed by atoms with Gasteiger partial charge in [0.1, 0.15) is 0 Å². The van der Waals surface area contributed by atoms with E-state index in [2.05, 4.69) is 6.92 Å². The third-order valence-electron chi connectivity index (χ3n) is 3.54. The Balaban J connectivity index is 2.76. The Morgan fingerprint density at radius 3 is 2.73 bits per heavy atom. The molecule has 1 aliphatic heterocycles. The van der Waals surface area contributed by atoms with Gasteiger partial charge in [0, 0.05) is 6.61 Å². The van der Waals surface area contributed by atoms with E-state index in [1.807, 2.05) is 6.92 Å². The lowest BCUT2D eigenvalue weighted by Crippen LogP contribution is -2.47. The molecule has 1 fully saturated rings. The number of carbonyl (C=O) groups is 1. The molecule has 0 radical (unpaired) electrons. The highest BCUT2D eigenvalue weighted by atomic mass is 16.5. The summed E-state index contributed by atoms with van der Waals surface area (Å²) in [6.07, 6.45) is 2.56. The molecule has 88 valence electrons. The van der Waals surface area contributed by atoms with Crippen LogP contribution in [-0.2, 0) is 9.53 Å². The molecule has 1 saturated heterocycles. The van der Waals surface area contributed by atoms with Crippen molar-refractivity contribution >= 4 is 5.97 Å². The average Bonchev–Trinajstić information content (AvgIpc) is 2.17. The molecule has 1 aliphatic rings. The first kappa shape index (κ1) is 12.5. The van der Waals surface area contributed by atoms with Crippen LogP contribution < -0.4 is 5.73 Å². The molecule has 0 amide bonds. The van der Waals surface area contributed by atoms with Gasteiger partial charge in [-0.1, -0.05) is 6.92 Å². The molecule has 0 saturated carbocycles. The van der Waals surface area contributed by atoms with Crippen molar-refractivity contribution in [1.29, 1.82) is 0 Å². The van der Waals surface area contributed by atoms with Crippen LogP contribution in [0.25, 0.3) is 0 Å². The summed E-state index contributed by atoms with van der Waals surface area (Å²) in [7, 11) is 0. The van der Waals surface area contributed by atoms with Gasteiger partial charge < -0.3 is 15.6 Å². The Kier molecular flexibility index (Phi) is 3.73. The van der Waals surface area contributed by atoms with Gasteiger partial charge in [-0.25, -0.2) is 0 Å². The summed E-state index contributed by atoms with van der Waals surface area (Å²) in [5, 5.41) is 8.91. The third-order valence-corrected chi connectivity index (χ3v) is 3.54. The Labute approximate surface area is 90.8 Å². The topological polar surface area (TPSA) is 72.6 Å². The molecule has 2 atom stereocenters. The minimum absolute atomic E-state index is 0.155. The van der Waals surface area contributed by atoms with Crippen LogP contribution in [0.3, 0.4) is 0 Å². The summed E-state index contributed by atoms with van der Waals surface area (Å²) in [6, 6.07) is 0. The zero-order chi connectivity index (χ0) is 11.5. The van der Waals surface area contributed by atoms with Gasteiger partial charge >= 0.3 is 5.97 Å². The molecular weight excluding hydrogens is 194 g/mol. The molecule has 0 spiro atoms. The smallest absolute Gasteiger partial charge is 0.303 e. The first-order chi connectivity index (χ1) is 6.95. The minimum Gasteiger partial charge on any atom is -0.481 e. The minimum atomic E-state index is -0.763. The van der Waals surface area contributed by atoms with Gasteiger partial charge in [0.2, 0.25) is 0 Å². The van der Waals surface area contributed by atoms with E-state index in [1.54, 1.807) is 0 Å². The standard InChI is InChI=1S/C11H21NO3/c1-3-10(2)7-11(8-12,4-5-15-10)6-9(13)14/h3-8,12H2,1-2H3,(H,13,14). The van der Waals surface area contributed by atoms with Crippen molar-refractivity contribution < 1.29 is 14.6 Å². The Hall–Kier alpha value is -0.610. The Morgan fingerprint density at radius 2 is 2.27 bits per heavy atom. The van der Waals surface area contributed by atoms with Gasteiger partial charge in [0.05, 0.1) is 12.0 Å². The number of hydrogen-bond donors (Lipinski definition) is 2. The van der Waals surface area contributed by atoms with Crippen LogP contribution in [0.1, 0.15) is 39.5 Å². The van der Waals surface area contributed by atoms with Crippen molar-refractivity contribution in [3.05, 3.63) is 0 Å². The van der Waals surface area contributed by atoms with Crippen molar-refractivity contribution in [2.45, 2.75) is 45.1 Å². The predicted molar refractivity (Wildman–Crippen MR) is 57.6 cm³/mol. The highest BCUT2D eigenvalue weighted by Crippen LogP contribution is 2.42. The second kappa shape index (κ2) is 4.49. The second-order valence-corrected chi connectivity index (χ2v) is 4.85. The third kappa shape index (κ3) is 2.92. The van der Waals surface area contributed by atoms with Crippen LogP contribution in [0, 0.1) is 5.41 Å². The van der Waals surface area contributed by atoms with Gasteiger partial charge in [-0.15, -0.1) is 0 Å². The molecule has 4 nitrogen and oxygen atoms in total. The molecule has 1 heterocycles. The average molecular weight is 215 g/mol. The summed E-state index contributed by atoms with van der Waals surface area (Å²) in [6.45, 7) is 5.15. The zero-order valence-electron chi connectivity index (χ0n) is 9.58. The lowest BCUT2D eigenvalue weighted by atomic mass is 9.70. The maximum Gasteiger partial charge on any atom is 0.303 e. The van der Waals surface area contributed by atoms with Crippen molar-refractivity contribution in [2.75, 3.05) is 13.2 Å². The van der Waals surface area contributed by atoms with Gasteiger partial charge in [-0.3, -0.25) is 4.79 Å². The molecule has 2 unspecified atom stereocenters. The summed E-state index contributed by atoms with van der Waals surface area (Å²) in [5.41, 5.74) is 5.27. The van der Waals surface area contributed by atoms with E-state index in [0.717, 1.165) is 19.3 Å². The molecular formula is C11H21NO3. The van der Waals surface area contributed by atoms with Crippen LogP contribution in [0.4, 0.5) is 0 Å². The fourth-order valence-electron chi connectivity index (χ4n) is 2.39. The number of nitrogens with two attached hydrogens (primary N) is 1. The largest absolute Gasteiger partial charge is 0.481 e. The highest BCUT2D eigenvalue weighted by Gasteiger charge is 2.42. The SMILES string of the molecule is CCC1(C)CC(CN)(CC(=O)O)CCO1. The van der Waals surface area contributed by atoms with Crippen LogP contribution in [0.2, 0.25) is 0 Å². The summed E-state index contributed by atoms with van der Waals surface area (Å²) in [4.78, 5) is 10.8. The van der Waals surface area contributed by atoms with Crippen molar-refractivity contribution in [3.8, 4) is 0 Å². The summed E-state index contributed by atoms with van der Waals surface area (Å²) in [5.74, 6) is -0.763. The molecule has 15 heavy (non-hydrogen) atoms. The van der Waals surface area contributed by atoms with Crippen LogP contribution in [0.15, 0.2) is 0 Å². The molecule has 0 aliphatic carbocycles. The molecule has 4 heteroatoms. The van der Waals surface area contributed by atoms with E-state index in [9.17, 15) is 4.79 Å². The summed E-state index contributed by atoms with van der Waals surface area (Å²) >= 11 is 0. The van der Waals surface area contributed by atoms with E-state index < -0.39 is 5.97 Å². The molecule has 0 aromatic carbocycles. The summed E-state index contributed by atoms with van der Waals surface area (Å²) < 4.78 is 5.70. The Bertz CT molecular complexity index is 244. The van der Waals surface area contributed by atoms with Gasteiger partial charge in [0.25, 0.3) is 0 Å². The lowest BCUT2D eigenvalue weighted by Gasteiger charge is -2.45. The molecule has 3 N–H and O–H groups in total. The van der Waals surface area contributed by atoms with Crippen molar-refractivity contribution in [3.63, 3.8) is 0 Å².